The van der Waals surface area contributed by atoms with Gasteiger partial charge in [0.1, 0.15) is 11.6 Å². The van der Waals surface area contributed by atoms with Crippen molar-refractivity contribution in [3.05, 3.63) is 183 Å². The van der Waals surface area contributed by atoms with Gasteiger partial charge in [-0.3, -0.25) is 19.3 Å². The molecule has 8 heteroatoms. The van der Waals surface area contributed by atoms with E-state index in [1.54, 1.807) is 121 Å². The molecule has 2 heterocycles. The van der Waals surface area contributed by atoms with Gasteiger partial charge in [-0.05, 0) is 41.5 Å². The molecular formula is C39H24N4O4. The predicted octanol–water partition coefficient (Wildman–Crippen LogP) is 6.93. The van der Waals surface area contributed by atoms with E-state index in [0.717, 1.165) is 9.47 Å². The van der Waals surface area contributed by atoms with Crippen molar-refractivity contribution < 1.29 is 14.7 Å². The van der Waals surface area contributed by atoms with Crippen LogP contribution in [0.25, 0.3) is 33.3 Å². The number of carbonyl (C=O) groups excluding carboxylic acids is 2. The number of carbonyl (C=O) groups is 2. The van der Waals surface area contributed by atoms with Crippen molar-refractivity contribution >= 4 is 29.2 Å². The van der Waals surface area contributed by atoms with Crippen LogP contribution < -0.4 is 10.5 Å². The second-order valence-corrected chi connectivity index (χ2v) is 10.4. The van der Waals surface area contributed by atoms with Crippen molar-refractivity contribution in [3.63, 3.8) is 0 Å². The van der Waals surface area contributed by atoms with Crippen LogP contribution in [0.4, 0.5) is 5.69 Å². The average molecular weight is 613 g/mol. The average Bonchev–Trinajstić information content (AvgIpc) is 3.11. The number of anilines is 1. The van der Waals surface area contributed by atoms with Gasteiger partial charge in [-0.2, -0.15) is 5.26 Å². The lowest BCUT2D eigenvalue weighted by Crippen LogP contribution is -2.42. The standard InChI is InChI=1S/C39H24N4O4/c1-41-35-34(27-17-8-3-9-18-27)31(37(45)43(39(35)47)29-21-12-5-13-22-29)24-14-23-30-33(26-15-6-2-7-16-26)32(25-40)38(46)42(36(30)44)28-19-10-4-11-20-28/h2-24,44H/b23-14+,31-24-. The first-order valence-corrected chi connectivity index (χ1v) is 14.5. The lowest BCUT2D eigenvalue weighted by atomic mass is 9.90. The van der Waals surface area contributed by atoms with Crippen LogP contribution in [0.3, 0.4) is 0 Å². The minimum absolute atomic E-state index is 0.0690. The smallest absolute Gasteiger partial charge is 0.276 e. The minimum Gasteiger partial charge on any atom is -0.494 e. The summed E-state index contributed by atoms with van der Waals surface area (Å²) in [6, 6.07) is 36.3. The van der Waals surface area contributed by atoms with Gasteiger partial charge >= 0.3 is 0 Å². The summed E-state index contributed by atoms with van der Waals surface area (Å²) in [6.07, 6.45) is 4.47. The van der Waals surface area contributed by atoms with E-state index in [9.17, 15) is 24.8 Å². The number of allylic oxidation sites excluding steroid dienone is 2. The molecule has 1 aliphatic rings. The number of amides is 2. The molecule has 6 rings (SSSR count). The van der Waals surface area contributed by atoms with Gasteiger partial charge in [-0.15, -0.1) is 0 Å². The highest BCUT2D eigenvalue weighted by molar-refractivity contribution is 6.36. The fourth-order valence-electron chi connectivity index (χ4n) is 5.53. The summed E-state index contributed by atoms with van der Waals surface area (Å²) in [7, 11) is 0. The van der Waals surface area contributed by atoms with Crippen molar-refractivity contribution in [2.75, 3.05) is 4.90 Å². The number of aromatic hydroxyl groups is 1. The zero-order chi connectivity index (χ0) is 32.9. The Morgan fingerprint density at radius 2 is 1.26 bits per heavy atom. The number of hydrogen-bond donors (Lipinski definition) is 1. The highest BCUT2D eigenvalue weighted by Gasteiger charge is 2.38. The van der Waals surface area contributed by atoms with E-state index in [1.165, 1.54) is 18.2 Å². The highest BCUT2D eigenvalue weighted by Crippen LogP contribution is 2.38. The summed E-state index contributed by atoms with van der Waals surface area (Å²) in [6.45, 7) is 7.92. The van der Waals surface area contributed by atoms with E-state index in [1.807, 2.05) is 6.07 Å². The summed E-state index contributed by atoms with van der Waals surface area (Å²) in [5.74, 6) is -1.80. The molecule has 1 N–H and O–H groups in total. The third kappa shape index (κ3) is 5.44. The Balaban J connectivity index is 1.61. The predicted molar refractivity (Wildman–Crippen MR) is 180 cm³/mol. The zero-order valence-corrected chi connectivity index (χ0v) is 24.7. The van der Waals surface area contributed by atoms with Crippen LogP contribution in [0.2, 0.25) is 0 Å². The molecule has 1 aliphatic heterocycles. The normalized spacial score (nSPS) is 14.0. The van der Waals surface area contributed by atoms with Crippen molar-refractivity contribution in [1.29, 1.82) is 5.26 Å². The molecule has 0 unspecified atom stereocenters. The van der Waals surface area contributed by atoms with E-state index in [-0.39, 0.29) is 33.5 Å². The summed E-state index contributed by atoms with van der Waals surface area (Å²) >= 11 is 0. The highest BCUT2D eigenvalue weighted by atomic mass is 16.3. The first-order valence-electron chi connectivity index (χ1n) is 14.5. The molecule has 0 saturated heterocycles. The third-order valence-electron chi connectivity index (χ3n) is 7.64. The summed E-state index contributed by atoms with van der Waals surface area (Å²) in [5, 5.41) is 21.8. The van der Waals surface area contributed by atoms with Crippen LogP contribution in [0.1, 0.15) is 16.7 Å². The lowest BCUT2D eigenvalue weighted by molar-refractivity contribution is -0.122. The number of hydrogen-bond acceptors (Lipinski definition) is 5. The molecular weight excluding hydrogens is 588 g/mol. The molecule has 0 fully saturated rings. The van der Waals surface area contributed by atoms with E-state index >= 15 is 0 Å². The molecule has 0 saturated carbocycles. The van der Waals surface area contributed by atoms with Gasteiger partial charge < -0.3 is 5.11 Å². The maximum Gasteiger partial charge on any atom is 0.276 e. The number of para-hydroxylation sites is 2. The Bertz CT molecular complexity index is 2260. The molecule has 0 spiro atoms. The van der Waals surface area contributed by atoms with E-state index in [4.69, 9.17) is 6.57 Å². The first kappa shape index (κ1) is 30.0. The lowest BCUT2D eigenvalue weighted by Gasteiger charge is -2.29. The largest absolute Gasteiger partial charge is 0.494 e. The number of aromatic nitrogens is 1. The molecule has 4 aromatic carbocycles. The second kappa shape index (κ2) is 12.9. The summed E-state index contributed by atoms with van der Waals surface area (Å²) < 4.78 is 1.06. The third-order valence-corrected chi connectivity index (χ3v) is 7.64. The van der Waals surface area contributed by atoms with E-state index < -0.39 is 23.3 Å². The molecule has 0 radical (unpaired) electrons. The van der Waals surface area contributed by atoms with Gasteiger partial charge in [0.05, 0.1) is 17.9 Å². The Kier molecular flexibility index (Phi) is 8.24. The molecule has 2 amide bonds. The summed E-state index contributed by atoms with van der Waals surface area (Å²) in [4.78, 5) is 45.9. The van der Waals surface area contributed by atoms with Crippen LogP contribution in [0, 0.1) is 17.9 Å². The Morgan fingerprint density at radius 3 is 1.81 bits per heavy atom. The molecule has 5 aromatic rings. The molecule has 0 bridgehead atoms. The van der Waals surface area contributed by atoms with E-state index in [2.05, 4.69) is 4.85 Å². The van der Waals surface area contributed by atoms with E-state index in [0.29, 0.717) is 22.5 Å². The van der Waals surface area contributed by atoms with Gasteiger partial charge in [0, 0.05) is 22.3 Å². The zero-order valence-electron chi connectivity index (χ0n) is 24.7. The molecule has 1 aromatic heterocycles. The number of pyridine rings is 1. The number of benzene rings is 4. The minimum atomic E-state index is -0.742. The molecule has 0 aliphatic carbocycles. The Morgan fingerprint density at radius 1 is 0.723 bits per heavy atom. The van der Waals surface area contributed by atoms with Crippen LogP contribution in [-0.4, -0.2) is 21.5 Å². The van der Waals surface area contributed by atoms with Crippen LogP contribution >= 0.6 is 0 Å². The fraction of sp³-hybridized carbons (Fsp3) is 0. The molecule has 224 valence electrons. The number of nitrogens with zero attached hydrogens (tertiary/aromatic N) is 4. The Hall–Kier alpha value is -7.03. The number of nitriles is 1. The van der Waals surface area contributed by atoms with Crippen molar-refractivity contribution in [3.8, 4) is 28.8 Å². The van der Waals surface area contributed by atoms with Crippen LogP contribution in [0.15, 0.2) is 150 Å². The number of rotatable bonds is 6. The van der Waals surface area contributed by atoms with Crippen LogP contribution in [0.5, 0.6) is 5.88 Å². The number of imide groups is 1. The van der Waals surface area contributed by atoms with Gasteiger partial charge in [0.2, 0.25) is 5.88 Å². The SMILES string of the molecule is [C-]#[N+]C1=C(c2ccccc2)/C(=C/C=C/c2c(-c3ccccc3)c(C#N)c(=O)n(-c3ccccc3)c2O)C(=O)N(c2ccccc2)C1=O. The fourth-order valence-corrected chi connectivity index (χ4v) is 5.53. The second-order valence-electron chi connectivity index (χ2n) is 10.4. The summed E-state index contributed by atoms with van der Waals surface area (Å²) in [5.41, 5.74) is 1.21. The molecule has 47 heavy (non-hydrogen) atoms. The maximum atomic E-state index is 14.1. The Labute approximate surface area is 270 Å². The quantitative estimate of drug-likeness (QED) is 0.127. The monoisotopic (exact) mass is 612 g/mol. The molecule has 8 nitrogen and oxygen atoms in total. The van der Waals surface area contributed by atoms with Gasteiger partial charge in [-0.25, -0.2) is 9.41 Å². The maximum absolute atomic E-state index is 14.1. The van der Waals surface area contributed by atoms with Gasteiger partial charge in [-0.1, -0.05) is 109 Å². The van der Waals surface area contributed by atoms with Gasteiger partial charge in [0.15, 0.2) is 0 Å². The van der Waals surface area contributed by atoms with Gasteiger partial charge in [0.25, 0.3) is 23.1 Å². The van der Waals surface area contributed by atoms with Crippen molar-refractivity contribution in [1.82, 2.24) is 4.57 Å². The molecule has 0 atom stereocenters. The topological polar surface area (TPSA) is 108 Å². The van der Waals surface area contributed by atoms with Crippen molar-refractivity contribution in [2.24, 2.45) is 0 Å². The van der Waals surface area contributed by atoms with Crippen molar-refractivity contribution in [2.45, 2.75) is 0 Å². The first-order chi connectivity index (χ1) is 23.0. The van der Waals surface area contributed by atoms with Crippen LogP contribution in [-0.2, 0) is 9.59 Å².